The average Bonchev–Trinajstić information content (AvgIpc) is 2.14. The molecule has 0 atom stereocenters. The first-order valence-corrected chi connectivity index (χ1v) is 3.94. The Morgan fingerprint density at radius 1 is 0.632 bits per heavy atom. The molecule has 13 heteroatoms. The molecule has 0 aromatic heterocycles. The van der Waals surface area contributed by atoms with Gasteiger partial charge in [-0.3, -0.25) is 30.3 Å². The maximum atomic E-state index is 10.5. The van der Waals surface area contributed by atoms with Gasteiger partial charge < -0.3 is 15.3 Å². The van der Waals surface area contributed by atoms with Crippen LogP contribution in [0.3, 0.4) is 0 Å². The summed E-state index contributed by atoms with van der Waals surface area (Å²) in [4.78, 5) is 27.0. The fourth-order valence-corrected chi connectivity index (χ4v) is 1.19. The smallest absolute Gasteiger partial charge is 0.497 e. The van der Waals surface area contributed by atoms with Gasteiger partial charge in [-0.1, -0.05) is 0 Å². The summed E-state index contributed by atoms with van der Waals surface area (Å²) in [7, 11) is 0. The molecule has 0 bridgehead atoms. The molecule has 3 N–H and O–H groups in total. The van der Waals surface area contributed by atoms with Crippen LogP contribution in [0.2, 0.25) is 0 Å². The van der Waals surface area contributed by atoms with Crippen LogP contribution in [0, 0.1) is 30.3 Å². The summed E-state index contributed by atoms with van der Waals surface area (Å²) in [5, 5.41) is 58.9. The normalized spacial score (nSPS) is 9.47. The maximum absolute atomic E-state index is 10.5. The fraction of sp³-hybridized carbons (Fsp3) is 0. The number of rotatable bonds is 3. The first-order valence-electron chi connectivity index (χ1n) is 3.94. The number of hydrogen-bond acceptors (Lipinski definition) is 9. The Kier molecular flexibility index (Phi) is 4.99. The molecule has 1 aromatic rings. The second-order valence-corrected chi connectivity index (χ2v) is 2.86. The van der Waals surface area contributed by atoms with Gasteiger partial charge in [0, 0.05) is 0 Å². The Morgan fingerprint density at radius 3 is 0.895 bits per heavy atom. The van der Waals surface area contributed by atoms with E-state index in [9.17, 15) is 45.7 Å². The number of aromatic hydroxyl groups is 3. The summed E-state index contributed by atoms with van der Waals surface area (Å²) in [5.74, 6) is -5.03. The van der Waals surface area contributed by atoms with Crippen molar-refractivity contribution in [1.29, 1.82) is 0 Å². The zero-order valence-corrected chi connectivity index (χ0v) is 11.1. The summed E-state index contributed by atoms with van der Waals surface area (Å²) in [5.41, 5.74) is -4.90. The van der Waals surface area contributed by atoms with E-state index >= 15 is 0 Å². The molecule has 12 nitrogen and oxygen atoms in total. The van der Waals surface area contributed by atoms with Crippen molar-refractivity contribution < 1.29 is 59.6 Å². The van der Waals surface area contributed by atoms with Crippen molar-refractivity contribution in [3.8, 4) is 17.2 Å². The van der Waals surface area contributed by atoms with Crippen LogP contribution in [0.4, 0.5) is 17.1 Å². The number of hydrogen-bond donors (Lipinski definition) is 3. The van der Waals surface area contributed by atoms with Crippen molar-refractivity contribution in [3.63, 3.8) is 0 Å². The van der Waals surface area contributed by atoms with Crippen LogP contribution in [0.15, 0.2) is 0 Å². The van der Waals surface area contributed by atoms with Crippen molar-refractivity contribution in [2.24, 2.45) is 0 Å². The number of nitro groups is 3. The molecule has 96 valence electrons. The van der Waals surface area contributed by atoms with Crippen LogP contribution in [0.1, 0.15) is 0 Å². The zero-order chi connectivity index (χ0) is 14.2. The number of phenols is 3. The minimum atomic E-state index is -1.68. The molecule has 0 radical (unpaired) electrons. The second-order valence-electron chi connectivity index (χ2n) is 2.86. The molecule has 0 amide bonds. The molecule has 1 aromatic carbocycles. The van der Waals surface area contributed by atoms with Crippen LogP contribution >= 0.6 is 0 Å². The predicted molar refractivity (Wildman–Crippen MR) is 51.4 cm³/mol. The molecule has 0 aliphatic carbocycles. The molecule has 0 aliphatic rings. The minimum Gasteiger partial charge on any atom is -0.497 e. The third-order valence-corrected chi connectivity index (χ3v) is 1.89. The van der Waals surface area contributed by atoms with Crippen LogP contribution in [-0.4, -0.2) is 30.1 Å². The molecule has 0 saturated heterocycles. The molecule has 0 spiro atoms. The van der Waals surface area contributed by atoms with E-state index in [1.54, 1.807) is 0 Å². The standard InChI is InChI=1S/C6H3N3O9.Na/c10-4-1(7(13)14)5(11)3(9(17)18)6(12)2(4)8(15)16;/h10-12H;/q;+1. The van der Waals surface area contributed by atoms with Gasteiger partial charge in [0.1, 0.15) is 0 Å². The van der Waals surface area contributed by atoms with Crippen molar-refractivity contribution in [3.05, 3.63) is 30.3 Å². The van der Waals surface area contributed by atoms with Crippen molar-refractivity contribution >= 4 is 17.1 Å². The van der Waals surface area contributed by atoms with Gasteiger partial charge in [-0.15, -0.1) is 0 Å². The summed E-state index contributed by atoms with van der Waals surface area (Å²) in [6, 6.07) is 0. The average molecular weight is 284 g/mol. The minimum absolute atomic E-state index is 0. The topological polar surface area (TPSA) is 190 Å². The quantitative estimate of drug-likeness (QED) is 0.306. The molecule has 0 unspecified atom stereocenters. The van der Waals surface area contributed by atoms with E-state index in [0.29, 0.717) is 0 Å². The SMILES string of the molecule is O=[N+]([O-])c1c(O)c([N+](=O)[O-])c(O)c([N+](=O)[O-])c1O.[Na+]. The number of benzene rings is 1. The Hall–Kier alpha value is -2.18. The van der Waals surface area contributed by atoms with E-state index in [-0.39, 0.29) is 29.6 Å². The van der Waals surface area contributed by atoms with Crippen molar-refractivity contribution in [2.45, 2.75) is 0 Å². The van der Waals surface area contributed by atoms with E-state index in [4.69, 9.17) is 0 Å². The second kappa shape index (κ2) is 5.64. The first-order chi connectivity index (χ1) is 8.20. The zero-order valence-electron chi connectivity index (χ0n) is 9.13. The number of nitrogens with zero attached hydrogens (tertiary/aromatic N) is 3. The van der Waals surface area contributed by atoms with E-state index < -0.39 is 49.1 Å². The van der Waals surface area contributed by atoms with Gasteiger partial charge in [-0.25, -0.2) is 0 Å². The maximum Gasteiger partial charge on any atom is 1.00 e. The van der Waals surface area contributed by atoms with E-state index in [1.807, 2.05) is 0 Å². The van der Waals surface area contributed by atoms with Crippen molar-refractivity contribution in [2.75, 3.05) is 0 Å². The molecular formula is C6H3N3NaO9+. The summed E-state index contributed by atoms with van der Waals surface area (Å²) < 4.78 is 0. The van der Waals surface area contributed by atoms with Gasteiger partial charge in [-0.05, 0) is 0 Å². The van der Waals surface area contributed by atoms with Crippen molar-refractivity contribution in [1.82, 2.24) is 0 Å². The number of phenolic OH excluding ortho intramolecular Hbond substituents is 3. The van der Waals surface area contributed by atoms with E-state index in [2.05, 4.69) is 0 Å². The monoisotopic (exact) mass is 284 g/mol. The summed E-state index contributed by atoms with van der Waals surface area (Å²) >= 11 is 0. The Bertz CT molecular complexity index is 484. The van der Waals surface area contributed by atoms with Crippen LogP contribution in [0.25, 0.3) is 0 Å². The first kappa shape index (κ1) is 16.8. The van der Waals surface area contributed by atoms with Gasteiger partial charge in [-0.2, -0.15) is 0 Å². The summed E-state index contributed by atoms with van der Waals surface area (Å²) in [6.07, 6.45) is 0. The van der Waals surface area contributed by atoms with Gasteiger partial charge in [0.15, 0.2) is 0 Å². The predicted octanol–water partition coefficient (Wildman–Crippen LogP) is -2.47. The van der Waals surface area contributed by atoms with Gasteiger partial charge >= 0.3 is 46.6 Å². The Morgan fingerprint density at radius 2 is 0.789 bits per heavy atom. The molecule has 0 aliphatic heterocycles. The molecule has 19 heavy (non-hydrogen) atoms. The fourth-order valence-electron chi connectivity index (χ4n) is 1.19. The van der Waals surface area contributed by atoms with E-state index in [1.165, 1.54) is 0 Å². The largest absolute Gasteiger partial charge is 1.00 e. The van der Waals surface area contributed by atoms with E-state index in [0.717, 1.165) is 0 Å². The van der Waals surface area contributed by atoms with Gasteiger partial charge in [0.2, 0.25) is 0 Å². The van der Waals surface area contributed by atoms with Crippen LogP contribution in [-0.2, 0) is 0 Å². The van der Waals surface area contributed by atoms with Crippen LogP contribution in [0.5, 0.6) is 17.2 Å². The number of nitro benzene ring substituents is 3. The molecule has 0 fully saturated rings. The molecule has 0 heterocycles. The van der Waals surface area contributed by atoms with Gasteiger partial charge in [0.25, 0.3) is 17.2 Å². The summed E-state index contributed by atoms with van der Waals surface area (Å²) in [6.45, 7) is 0. The molecule has 1 rings (SSSR count). The Labute approximate surface area is 124 Å². The molecule has 0 saturated carbocycles. The third-order valence-electron chi connectivity index (χ3n) is 1.89. The molecular weight excluding hydrogens is 281 g/mol. The van der Waals surface area contributed by atoms with Crippen LogP contribution < -0.4 is 29.6 Å². The third kappa shape index (κ3) is 2.64. The Balaban J connectivity index is 0.00000324. The van der Waals surface area contributed by atoms with Gasteiger partial charge in [0.05, 0.1) is 14.8 Å².